The molecule has 2 heterocycles. The highest BCUT2D eigenvalue weighted by molar-refractivity contribution is 7.89. The number of likely N-dealkylation sites (tertiary alicyclic amines) is 1. The van der Waals surface area contributed by atoms with Crippen LogP contribution >= 0.6 is 0 Å². The quantitative estimate of drug-likeness (QED) is 0.804. The Bertz CT molecular complexity index is 785. The van der Waals surface area contributed by atoms with Crippen LogP contribution in [0.3, 0.4) is 0 Å². The molecule has 0 aromatic heterocycles. The van der Waals surface area contributed by atoms with Crippen LogP contribution in [0.2, 0.25) is 0 Å². The number of piperidine rings is 1. The van der Waals surface area contributed by atoms with Gasteiger partial charge in [-0.25, -0.2) is 8.42 Å². The Morgan fingerprint density at radius 1 is 1.16 bits per heavy atom. The number of rotatable bonds is 5. The van der Waals surface area contributed by atoms with Crippen LogP contribution in [0.4, 0.5) is 0 Å². The highest BCUT2D eigenvalue weighted by atomic mass is 32.2. The number of carbonyl (C=O) groups is 1. The molecule has 7 heteroatoms. The normalized spacial score (nSPS) is 22.1. The Morgan fingerprint density at radius 2 is 1.96 bits per heavy atom. The maximum Gasteiger partial charge on any atom is 0.244 e. The van der Waals surface area contributed by atoms with Crippen molar-refractivity contribution in [2.24, 2.45) is 0 Å². The average molecular weight is 361 g/mol. The van der Waals surface area contributed by atoms with Crippen LogP contribution < -0.4 is 0 Å². The third kappa shape index (κ3) is 3.70. The van der Waals surface area contributed by atoms with E-state index < -0.39 is 10.0 Å². The van der Waals surface area contributed by atoms with Gasteiger partial charge in [-0.05, 0) is 37.8 Å². The molecular weight excluding hydrogens is 338 g/mol. The topological polar surface area (TPSA) is 81.5 Å². The second-order valence-electron chi connectivity index (χ2n) is 6.65. The van der Waals surface area contributed by atoms with E-state index >= 15 is 0 Å². The van der Waals surface area contributed by atoms with E-state index in [1.807, 2.05) is 11.0 Å². The average Bonchev–Trinajstić information content (AvgIpc) is 3.05. The van der Waals surface area contributed by atoms with Gasteiger partial charge in [-0.1, -0.05) is 18.6 Å². The third-order valence-electron chi connectivity index (χ3n) is 5.07. The fraction of sp³-hybridized carbons (Fsp3) is 0.556. The number of hydrogen-bond donors (Lipinski definition) is 0. The van der Waals surface area contributed by atoms with Crippen LogP contribution in [-0.4, -0.2) is 49.2 Å². The van der Waals surface area contributed by atoms with Gasteiger partial charge >= 0.3 is 0 Å². The first-order chi connectivity index (χ1) is 12.0. The lowest BCUT2D eigenvalue weighted by atomic mass is 10.0. The van der Waals surface area contributed by atoms with Gasteiger partial charge in [0.2, 0.25) is 15.9 Å². The smallest absolute Gasteiger partial charge is 0.244 e. The maximum atomic E-state index is 13.1. The minimum Gasteiger partial charge on any atom is -0.343 e. The Hall–Kier alpha value is -1.91. The van der Waals surface area contributed by atoms with E-state index in [-0.39, 0.29) is 22.4 Å². The molecule has 6 nitrogen and oxygen atoms in total. The van der Waals surface area contributed by atoms with Crippen molar-refractivity contribution in [3.05, 3.63) is 29.8 Å². The molecule has 0 aliphatic carbocycles. The van der Waals surface area contributed by atoms with Crippen molar-refractivity contribution in [1.29, 1.82) is 5.26 Å². The molecule has 2 fully saturated rings. The standard InChI is InChI=1S/C18H23N3O3S/c19-14-15-6-1-2-8-17(15)25(23,24)21-12-4-3-7-16(21)10-13-20-11-5-9-18(20)22/h1-2,6,8,16H,3-5,7,9-13H2/t16-/m1/s1. The molecule has 2 aliphatic heterocycles. The molecule has 1 amide bonds. The molecular formula is C18H23N3O3S. The van der Waals surface area contributed by atoms with Crippen molar-refractivity contribution in [2.75, 3.05) is 19.6 Å². The van der Waals surface area contributed by atoms with Crippen LogP contribution in [-0.2, 0) is 14.8 Å². The van der Waals surface area contributed by atoms with E-state index in [2.05, 4.69) is 0 Å². The summed E-state index contributed by atoms with van der Waals surface area (Å²) in [5, 5.41) is 9.24. The Morgan fingerprint density at radius 3 is 2.68 bits per heavy atom. The van der Waals surface area contributed by atoms with Crippen molar-refractivity contribution >= 4 is 15.9 Å². The lowest BCUT2D eigenvalue weighted by molar-refractivity contribution is -0.127. The van der Waals surface area contributed by atoms with Gasteiger partial charge < -0.3 is 4.90 Å². The molecule has 0 bridgehead atoms. The number of sulfonamides is 1. The van der Waals surface area contributed by atoms with E-state index in [0.29, 0.717) is 25.9 Å². The molecule has 0 radical (unpaired) electrons. The van der Waals surface area contributed by atoms with Crippen molar-refractivity contribution in [3.63, 3.8) is 0 Å². The Kier molecular flexibility index (Phi) is 5.40. The number of nitriles is 1. The van der Waals surface area contributed by atoms with Crippen molar-refractivity contribution in [2.45, 2.75) is 49.5 Å². The fourth-order valence-corrected chi connectivity index (χ4v) is 5.60. The van der Waals surface area contributed by atoms with Gasteiger partial charge in [0.05, 0.1) is 10.5 Å². The minimum absolute atomic E-state index is 0.0849. The molecule has 3 rings (SSSR count). The summed E-state index contributed by atoms with van der Waals surface area (Å²) in [7, 11) is -3.71. The first kappa shape index (κ1) is 17.9. The summed E-state index contributed by atoms with van der Waals surface area (Å²) >= 11 is 0. The van der Waals surface area contributed by atoms with Crippen LogP contribution in [0.25, 0.3) is 0 Å². The molecule has 134 valence electrons. The predicted octanol–water partition coefficient (Wildman–Crippen LogP) is 2.11. The molecule has 1 aromatic rings. The second-order valence-corrected chi connectivity index (χ2v) is 8.51. The first-order valence-electron chi connectivity index (χ1n) is 8.83. The van der Waals surface area contributed by atoms with E-state index in [0.717, 1.165) is 32.2 Å². The summed E-state index contributed by atoms with van der Waals surface area (Å²) in [6, 6.07) is 8.23. The molecule has 1 aromatic carbocycles. The van der Waals surface area contributed by atoms with Crippen molar-refractivity contribution < 1.29 is 13.2 Å². The molecule has 0 spiro atoms. The van der Waals surface area contributed by atoms with Crippen molar-refractivity contribution in [1.82, 2.24) is 9.21 Å². The number of hydrogen-bond acceptors (Lipinski definition) is 4. The molecule has 25 heavy (non-hydrogen) atoms. The molecule has 1 atom stereocenters. The molecule has 0 N–H and O–H groups in total. The van der Waals surface area contributed by atoms with Crippen LogP contribution in [0.1, 0.15) is 44.1 Å². The van der Waals surface area contributed by atoms with Gasteiger partial charge in [-0.15, -0.1) is 0 Å². The number of carbonyl (C=O) groups excluding carboxylic acids is 1. The van der Waals surface area contributed by atoms with Gasteiger partial charge in [0.1, 0.15) is 6.07 Å². The fourth-order valence-electron chi connectivity index (χ4n) is 3.73. The minimum atomic E-state index is -3.71. The van der Waals surface area contributed by atoms with Gasteiger partial charge in [0.15, 0.2) is 0 Å². The largest absolute Gasteiger partial charge is 0.343 e. The molecule has 2 aliphatic rings. The third-order valence-corrected chi connectivity index (χ3v) is 7.08. The summed E-state index contributed by atoms with van der Waals surface area (Å²) in [6.45, 7) is 1.85. The zero-order valence-electron chi connectivity index (χ0n) is 14.2. The van der Waals surface area contributed by atoms with E-state index in [1.54, 1.807) is 16.4 Å². The number of benzene rings is 1. The molecule has 0 saturated carbocycles. The summed E-state index contributed by atoms with van der Waals surface area (Å²) in [5.74, 6) is 0.167. The highest BCUT2D eigenvalue weighted by Gasteiger charge is 2.35. The SMILES string of the molecule is N#Cc1ccccc1S(=O)(=O)N1CCCC[C@@H]1CCN1CCCC1=O. The van der Waals surface area contributed by atoms with Crippen LogP contribution in [0, 0.1) is 11.3 Å². The number of amides is 1. The van der Waals surface area contributed by atoms with E-state index in [9.17, 15) is 18.5 Å². The van der Waals surface area contributed by atoms with Gasteiger partial charge in [0.25, 0.3) is 0 Å². The van der Waals surface area contributed by atoms with E-state index in [1.165, 1.54) is 12.1 Å². The van der Waals surface area contributed by atoms with Crippen LogP contribution in [0.5, 0.6) is 0 Å². The van der Waals surface area contributed by atoms with Crippen LogP contribution in [0.15, 0.2) is 29.2 Å². The van der Waals surface area contributed by atoms with Crippen molar-refractivity contribution in [3.8, 4) is 6.07 Å². The first-order valence-corrected chi connectivity index (χ1v) is 10.3. The number of nitrogens with zero attached hydrogens (tertiary/aromatic N) is 3. The summed E-state index contributed by atoms with van der Waals surface area (Å²) in [5.41, 5.74) is 0.182. The summed E-state index contributed by atoms with van der Waals surface area (Å²) in [6.07, 6.45) is 4.76. The molecule has 2 saturated heterocycles. The van der Waals surface area contributed by atoms with E-state index in [4.69, 9.17) is 0 Å². The van der Waals surface area contributed by atoms with Gasteiger partial charge in [-0.3, -0.25) is 4.79 Å². The van der Waals surface area contributed by atoms with Gasteiger partial charge in [-0.2, -0.15) is 9.57 Å². The highest BCUT2D eigenvalue weighted by Crippen LogP contribution is 2.29. The zero-order chi connectivity index (χ0) is 17.9. The maximum absolute atomic E-state index is 13.1. The Balaban J connectivity index is 1.80. The zero-order valence-corrected chi connectivity index (χ0v) is 15.0. The summed E-state index contributed by atoms with van der Waals surface area (Å²) < 4.78 is 27.8. The van der Waals surface area contributed by atoms with Gasteiger partial charge in [0, 0.05) is 32.1 Å². The lowest BCUT2D eigenvalue weighted by Crippen LogP contribution is -2.45. The second kappa shape index (κ2) is 7.54. The summed E-state index contributed by atoms with van der Waals surface area (Å²) in [4.78, 5) is 13.7. The molecule has 0 unspecified atom stereocenters. The Labute approximate surface area is 149 Å². The monoisotopic (exact) mass is 361 g/mol. The predicted molar refractivity (Wildman–Crippen MR) is 93.1 cm³/mol. The lowest BCUT2D eigenvalue weighted by Gasteiger charge is -2.35.